The highest BCUT2D eigenvalue weighted by Gasteiger charge is 2.12. The fraction of sp³-hybridized carbons (Fsp3) is 0.900. The molecular formula is C10H19Cl2N3O2. The highest BCUT2D eigenvalue weighted by atomic mass is 35.5. The number of carbonyl (C=O) groups is 1. The minimum absolute atomic E-state index is 0.125. The third-order valence-corrected chi connectivity index (χ3v) is 2.77. The first kappa shape index (κ1) is 16.4. The van der Waals surface area contributed by atoms with E-state index in [1.165, 1.54) is 0 Å². The molecular weight excluding hydrogens is 265 g/mol. The summed E-state index contributed by atoms with van der Waals surface area (Å²) in [6, 6.07) is -0.495. The number of nitrogens with one attached hydrogen (secondary N) is 1. The molecule has 0 saturated carbocycles. The van der Waals surface area contributed by atoms with E-state index in [1.54, 1.807) is 0 Å². The first-order valence-corrected chi connectivity index (χ1v) is 6.73. The zero-order valence-electron chi connectivity index (χ0n) is 9.99. The molecule has 100 valence electrons. The SMILES string of the molecule is CC(CCCl)CCCNC(=O)N(CCCl)N=O. The van der Waals surface area contributed by atoms with Crippen molar-refractivity contribution < 1.29 is 4.79 Å². The summed E-state index contributed by atoms with van der Waals surface area (Å²) in [6.45, 7) is 2.77. The Morgan fingerprint density at radius 2 is 2.06 bits per heavy atom. The molecule has 0 radical (unpaired) electrons. The number of amides is 2. The number of hydrogen-bond acceptors (Lipinski definition) is 3. The molecule has 0 aromatic carbocycles. The molecule has 1 atom stereocenters. The number of nitroso groups, excluding NO2 is 1. The monoisotopic (exact) mass is 283 g/mol. The van der Waals surface area contributed by atoms with Crippen molar-refractivity contribution in [2.75, 3.05) is 24.8 Å². The van der Waals surface area contributed by atoms with Gasteiger partial charge in [0, 0.05) is 18.3 Å². The van der Waals surface area contributed by atoms with E-state index in [1.807, 2.05) is 0 Å². The van der Waals surface area contributed by atoms with Crippen molar-refractivity contribution >= 4 is 29.2 Å². The maximum absolute atomic E-state index is 11.4. The highest BCUT2D eigenvalue weighted by Crippen LogP contribution is 2.10. The van der Waals surface area contributed by atoms with E-state index in [-0.39, 0.29) is 12.4 Å². The molecule has 0 aromatic rings. The predicted molar refractivity (Wildman–Crippen MR) is 70.4 cm³/mol. The van der Waals surface area contributed by atoms with Gasteiger partial charge in [-0.15, -0.1) is 28.1 Å². The normalized spacial score (nSPS) is 11.9. The lowest BCUT2D eigenvalue weighted by Crippen LogP contribution is -2.37. The molecule has 0 aliphatic heterocycles. The van der Waals surface area contributed by atoms with Gasteiger partial charge in [-0.2, -0.15) is 5.01 Å². The Balaban J connectivity index is 3.66. The molecule has 17 heavy (non-hydrogen) atoms. The lowest BCUT2D eigenvalue weighted by molar-refractivity contribution is 0.202. The second-order valence-corrected chi connectivity index (χ2v) is 4.61. The van der Waals surface area contributed by atoms with Gasteiger partial charge in [-0.25, -0.2) is 4.79 Å². The van der Waals surface area contributed by atoms with Crippen LogP contribution in [0.25, 0.3) is 0 Å². The predicted octanol–water partition coefficient (Wildman–Crippen LogP) is 2.96. The summed E-state index contributed by atoms with van der Waals surface area (Å²) < 4.78 is 0. The van der Waals surface area contributed by atoms with Crippen LogP contribution in [0, 0.1) is 10.8 Å². The Kier molecular flexibility index (Phi) is 10.3. The fourth-order valence-electron chi connectivity index (χ4n) is 1.33. The molecule has 5 nitrogen and oxygen atoms in total. The summed E-state index contributed by atoms with van der Waals surface area (Å²) in [5, 5.41) is 5.99. The molecule has 0 fully saturated rings. The van der Waals surface area contributed by atoms with Crippen LogP contribution in [0.2, 0.25) is 0 Å². The van der Waals surface area contributed by atoms with Crippen LogP contribution in [0.5, 0.6) is 0 Å². The van der Waals surface area contributed by atoms with E-state index in [9.17, 15) is 9.70 Å². The van der Waals surface area contributed by atoms with Crippen molar-refractivity contribution in [1.29, 1.82) is 0 Å². The Morgan fingerprint density at radius 3 is 2.59 bits per heavy atom. The third-order valence-electron chi connectivity index (χ3n) is 2.38. The van der Waals surface area contributed by atoms with Gasteiger partial charge >= 0.3 is 6.03 Å². The summed E-state index contributed by atoms with van der Waals surface area (Å²) in [5.41, 5.74) is 0. The van der Waals surface area contributed by atoms with E-state index in [2.05, 4.69) is 17.5 Å². The highest BCUT2D eigenvalue weighted by molar-refractivity contribution is 6.18. The number of halogens is 2. The largest absolute Gasteiger partial charge is 0.340 e. The third kappa shape index (κ3) is 8.21. The summed E-state index contributed by atoms with van der Waals surface area (Å²) in [7, 11) is 0. The van der Waals surface area contributed by atoms with Gasteiger partial charge in [0.05, 0.1) is 11.8 Å². The van der Waals surface area contributed by atoms with Crippen molar-refractivity contribution in [3.8, 4) is 0 Å². The number of carbonyl (C=O) groups excluding carboxylic acids is 1. The molecule has 0 saturated heterocycles. The number of alkyl halides is 2. The molecule has 0 spiro atoms. The van der Waals surface area contributed by atoms with Gasteiger partial charge in [-0.3, -0.25) is 0 Å². The average molecular weight is 284 g/mol. The zero-order valence-corrected chi connectivity index (χ0v) is 11.5. The van der Waals surface area contributed by atoms with Gasteiger partial charge in [0.1, 0.15) is 0 Å². The summed E-state index contributed by atoms with van der Waals surface area (Å²) in [4.78, 5) is 21.7. The van der Waals surface area contributed by atoms with Gasteiger partial charge < -0.3 is 5.32 Å². The topological polar surface area (TPSA) is 61.8 Å². The van der Waals surface area contributed by atoms with Crippen LogP contribution >= 0.6 is 23.2 Å². The van der Waals surface area contributed by atoms with E-state index in [4.69, 9.17) is 23.2 Å². The average Bonchev–Trinajstić information content (AvgIpc) is 2.31. The van der Waals surface area contributed by atoms with E-state index in [0.29, 0.717) is 18.3 Å². The van der Waals surface area contributed by atoms with Crippen molar-refractivity contribution in [3.05, 3.63) is 4.91 Å². The number of urea groups is 1. The van der Waals surface area contributed by atoms with Crippen molar-refractivity contribution in [1.82, 2.24) is 10.3 Å². The van der Waals surface area contributed by atoms with Gasteiger partial charge in [-0.1, -0.05) is 6.92 Å². The van der Waals surface area contributed by atoms with Crippen LogP contribution in [-0.2, 0) is 0 Å². The van der Waals surface area contributed by atoms with Crippen LogP contribution in [0.15, 0.2) is 5.29 Å². The Labute approximate surface area is 112 Å². The lowest BCUT2D eigenvalue weighted by atomic mass is 10.0. The molecule has 1 N–H and O–H groups in total. The smallest absolute Gasteiger partial charge is 0.336 e. The van der Waals surface area contributed by atoms with E-state index < -0.39 is 6.03 Å². The van der Waals surface area contributed by atoms with Crippen LogP contribution in [0.3, 0.4) is 0 Å². The second kappa shape index (κ2) is 10.6. The van der Waals surface area contributed by atoms with E-state index in [0.717, 1.165) is 24.3 Å². The summed E-state index contributed by atoms with van der Waals surface area (Å²) in [5.74, 6) is 1.39. The maximum Gasteiger partial charge on any atom is 0.340 e. The molecule has 0 aromatic heterocycles. The first-order chi connectivity index (χ1) is 8.15. The zero-order chi connectivity index (χ0) is 13.1. The molecule has 2 amide bonds. The quantitative estimate of drug-likeness (QED) is 0.306. The molecule has 0 heterocycles. The Morgan fingerprint density at radius 1 is 1.35 bits per heavy atom. The minimum Gasteiger partial charge on any atom is -0.336 e. The van der Waals surface area contributed by atoms with Crippen molar-refractivity contribution in [2.45, 2.75) is 26.2 Å². The first-order valence-electron chi connectivity index (χ1n) is 5.66. The minimum atomic E-state index is -0.495. The van der Waals surface area contributed by atoms with Crippen LogP contribution < -0.4 is 5.32 Å². The molecule has 0 rings (SSSR count). The van der Waals surface area contributed by atoms with E-state index >= 15 is 0 Å². The fourth-order valence-corrected chi connectivity index (χ4v) is 1.86. The second-order valence-electron chi connectivity index (χ2n) is 3.85. The van der Waals surface area contributed by atoms with Gasteiger partial charge in [0.2, 0.25) is 0 Å². The molecule has 0 aliphatic rings. The van der Waals surface area contributed by atoms with Crippen LogP contribution in [-0.4, -0.2) is 35.9 Å². The molecule has 0 aliphatic carbocycles. The molecule has 7 heteroatoms. The summed E-state index contributed by atoms with van der Waals surface area (Å²) >= 11 is 11.0. The van der Waals surface area contributed by atoms with Gasteiger partial charge in [-0.05, 0) is 25.2 Å². The standard InChI is InChI=1S/C10H19Cl2N3O2/c1-9(4-5-11)3-2-7-13-10(16)15(14-17)8-6-12/h9H,2-8H2,1H3,(H,13,16). The summed E-state index contributed by atoms with van der Waals surface area (Å²) in [6.07, 6.45) is 2.83. The Bertz CT molecular complexity index is 230. The Hall–Kier alpha value is -0.550. The van der Waals surface area contributed by atoms with Crippen LogP contribution in [0.1, 0.15) is 26.2 Å². The maximum atomic E-state index is 11.4. The van der Waals surface area contributed by atoms with Gasteiger partial charge in [0.15, 0.2) is 0 Å². The number of hydrogen-bond donors (Lipinski definition) is 1. The molecule has 0 bridgehead atoms. The van der Waals surface area contributed by atoms with Crippen LogP contribution in [0.4, 0.5) is 4.79 Å². The lowest BCUT2D eigenvalue weighted by Gasteiger charge is -2.13. The van der Waals surface area contributed by atoms with Crippen molar-refractivity contribution in [2.24, 2.45) is 11.2 Å². The van der Waals surface area contributed by atoms with Gasteiger partial charge in [0.25, 0.3) is 0 Å². The number of rotatable bonds is 9. The molecule has 1 unspecified atom stereocenters. The number of nitrogens with zero attached hydrogens (tertiary/aromatic N) is 2. The van der Waals surface area contributed by atoms with Crippen molar-refractivity contribution in [3.63, 3.8) is 0 Å².